The molecule has 0 aliphatic carbocycles. The second-order valence-corrected chi connectivity index (χ2v) is 16.0. The smallest absolute Gasteiger partial charge is 0.363 e. The molecule has 2 unspecified atom stereocenters. The minimum absolute atomic E-state index is 0.0108. The largest absolute Gasteiger partial charge is 0.462 e. The maximum atomic E-state index is 12.8. The van der Waals surface area contributed by atoms with Gasteiger partial charge in [-0.2, -0.15) is 4.67 Å². The van der Waals surface area contributed by atoms with Gasteiger partial charge in [-0.15, -0.1) is 0 Å². The average Bonchev–Trinajstić information content (AvgIpc) is 3.12. The fourth-order valence-corrected chi connectivity index (χ4v) is 7.00. The third-order valence-electron chi connectivity index (χ3n) is 9.39. The molecule has 0 aliphatic rings. The van der Waals surface area contributed by atoms with Crippen LogP contribution in [0.2, 0.25) is 0 Å². The van der Waals surface area contributed by atoms with E-state index >= 15 is 0 Å². The first-order chi connectivity index (χ1) is 25.4. The molecule has 0 heterocycles. The van der Waals surface area contributed by atoms with Crippen molar-refractivity contribution >= 4 is 20.5 Å². The van der Waals surface area contributed by atoms with Crippen LogP contribution in [0.25, 0.3) is 0 Å². The van der Waals surface area contributed by atoms with Gasteiger partial charge in [-0.05, 0) is 46.3 Å². The van der Waals surface area contributed by atoms with Crippen molar-refractivity contribution in [3.05, 3.63) is 0 Å². The Bertz CT molecular complexity index is 759. The van der Waals surface area contributed by atoms with Gasteiger partial charge in [0.1, 0.15) is 6.61 Å². The van der Waals surface area contributed by atoms with Crippen molar-refractivity contribution in [3.8, 4) is 0 Å². The Hall–Kier alpha value is -0.830. The molecule has 0 aromatic carbocycles. The van der Waals surface area contributed by atoms with Gasteiger partial charge in [-0.1, -0.05) is 168 Å². The van der Waals surface area contributed by atoms with Crippen LogP contribution in [-0.2, 0) is 37.7 Å². The highest BCUT2D eigenvalue weighted by molar-refractivity contribution is 7.41. The Balaban J connectivity index is 4.44. The molecule has 0 saturated heterocycles. The molecular weight excluding hydrogens is 677 g/mol. The van der Waals surface area contributed by atoms with Crippen molar-refractivity contribution in [3.63, 3.8) is 0 Å². The molecule has 310 valence electrons. The number of carbonyl (C=O) groups excluding carboxylic acids is 2. The summed E-state index contributed by atoms with van der Waals surface area (Å²) in [6.45, 7) is 5.89. The Morgan fingerprint density at radius 3 is 1.37 bits per heavy atom. The number of hydrogen-bond donors (Lipinski definition) is 0. The first-order valence-electron chi connectivity index (χ1n) is 21.7. The third-order valence-corrected chi connectivity index (χ3v) is 10.4. The fraction of sp³-hybridized carbons (Fsp3) is 0.952. The van der Waals surface area contributed by atoms with Crippen molar-refractivity contribution in [2.45, 2.75) is 213 Å². The fourth-order valence-electron chi connectivity index (χ4n) is 6.15. The zero-order chi connectivity index (χ0) is 38.2. The van der Waals surface area contributed by atoms with Crippen molar-refractivity contribution < 1.29 is 37.7 Å². The van der Waals surface area contributed by atoms with Gasteiger partial charge in [0.15, 0.2) is 6.10 Å². The van der Waals surface area contributed by atoms with Crippen LogP contribution in [0, 0.1) is 0 Å². The van der Waals surface area contributed by atoms with Crippen LogP contribution in [0.15, 0.2) is 0 Å². The maximum Gasteiger partial charge on any atom is 0.363 e. The molecule has 0 rings (SSSR count). The normalized spacial score (nSPS) is 12.7. The zero-order valence-electron chi connectivity index (χ0n) is 34.8. The first-order valence-corrected chi connectivity index (χ1v) is 22.8. The number of unbranched alkanes of at least 4 members (excludes halogenated alkanes) is 25. The van der Waals surface area contributed by atoms with Gasteiger partial charge in [-0.3, -0.25) is 9.59 Å². The van der Waals surface area contributed by atoms with E-state index in [0.29, 0.717) is 19.4 Å². The molecule has 0 saturated carbocycles. The molecule has 2 atom stereocenters. The number of esters is 2. The summed E-state index contributed by atoms with van der Waals surface area (Å²) in [5.74, 6) is -0.570. The van der Waals surface area contributed by atoms with E-state index in [1.54, 1.807) is 0 Å². The number of ether oxygens (including phenoxy) is 2. The van der Waals surface area contributed by atoms with Gasteiger partial charge in [0, 0.05) is 12.8 Å². The van der Waals surface area contributed by atoms with E-state index in [2.05, 4.69) is 18.7 Å². The average molecular weight is 762 g/mol. The van der Waals surface area contributed by atoms with E-state index in [1.807, 2.05) is 14.1 Å². The molecule has 0 spiro atoms. The summed E-state index contributed by atoms with van der Waals surface area (Å²) in [6, 6.07) is 0. The summed E-state index contributed by atoms with van der Waals surface area (Å²) < 4.78 is 28.1. The third kappa shape index (κ3) is 38.9. The molecule has 0 amide bonds. The molecule has 10 heteroatoms. The highest BCUT2D eigenvalue weighted by Gasteiger charge is 2.22. The molecule has 0 aromatic heterocycles. The second kappa shape index (κ2) is 41.3. The van der Waals surface area contributed by atoms with E-state index in [-0.39, 0.29) is 25.2 Å². The highest BCUT2D eigenvalue weighted by Crippen LogP contribution is 2.40. The molecule has 0 radical (unpaired) electrons. The summed E-state index contributed by atoms with van der Waals surface area (Å²) in [4.78, 5) is 32.3. The monoisotopic (exact) mass is 762 g/mol. The molecule has 0 aromatic rings. The molecule has 9 nitrogen and oxygen atoms in total. The SMILES string of the molecule is CCCCCCCCCCCCCCCC(=O)OCC(COP(OCCCCN(C)C)OOC)OC(=O)CCCCCCCCCCCCCCC. The van der Waals surface area contributed by atoms with E-state index in [9.17, 15) is 9.59 Å². The van der Waals surface area contributed by atoms with Crippen LogP contribution in [0.5, 0.6) is 0 Å². The van der Waals surface area contributed by atoms with E-state index < -0.39 is 14.7 Å². The van der Waals surface area contributed by atoms with Crippen LogP contribution in [0.3, 0.4) is 0 Å². The Kier molecular flexibility index (Phi) is 40.7. The minimum Gasteiger partial charge on any atom is -0.462 e. The summed E-state index contributed by atoms with van der Waals surface area (Å²) in [7, 11) is 3.68. The van der Waals surface area contributed by atoms with Crippen LogP contribution in [0.4, 0.5) is 0 Å². The lowest BCUT2D eigenvalue weighted by Gasteiger charge is -2.21. The number of rotatable bonds is 42. The number of hydrogen-bond acceptors (Lipinski definition) is 9. The zero-order valence-corrected chi connectivity index (χ0v) is 35.7. The first kappa shape index (κ1) is 51.2. The van der Waals surface area contributed by atoms with Crippen molar-refractivity contribution in [2.75, 3.05) is 47.6 Å². The molecule has 0 bridgehead atoms. The van der Waals surface area contributed by atoms with Crippen molar-refractivity contribution in [1.82, 2.24) is 4.90 Å². The lowest BCUT2D eigenvalue weighted by molar-refractivity contribution is -0.192. The van der Waals surface area contributed by atoms with Crippen LogP contribution in [0.1, 0.15) is 206 Å². The predicted octanol–water partition coefficient (Wildman–Crippen LogP) is 12.6. The standard InChI is InChI=1S/C42H84NO8P/c1-6-8-10-12-14-16-18-20-22-24-26-28-30-34-41(44)47-38-40(39-49-52(51-46-5)48-37-33-32-36-43(3)4)50-42(45)35-31-29-27-25-23-21-19-17-15-13-11-9-7-2/h40H,6-39H2,1-5H3. The Labute approximate surface area is 322 Å². The summed E-state index contributed by atoms with van der Waals surface area (Å²) in [5, 5.41) is 0. The van der Waals surface area contributed by atoms with Gasteiger partial charge >= 0.3 is 20.5 Å². The van der Waals surface area contributed by atoms with Crippen molar-refractivity contribution in [2.24, 2.45) is 0 Å². The molecule has 0 fully saturated rings. The summed E-state index contributed by atoms with van der Waals surface area (Å²) in [6.07, 6.45) is 34.4. The lowest BCUT2D eigenvalue weighted by Crippen LogP contribution is -2.29. The molecule has 0 aliphatic heterocycles. The second-order valence-electron chi connectivity index (χ2n) is 14.9. The van der Waals surface area contributed by atoms with E-state index in [0.717, 1.165) is 57.9 Å². The number of carbonyl (C=O) groups is 2. The molecular formula is C42H84NO8P. The Morgan fingerprint density at radius 2 is 0.942 bits per heavy atom. The molecule has 52 heavy (non-hydrogen) atoms. The topological polar surface area (TPSA) is 92.8 Å². The predicted molar refractivity (Wildman–Crippen MR) is 216 cm³/mol. The van der Waals surface area contributed by atoms with E-state index in [4.69, 9.17) is 28.1 Å². The van der Waals surface area contributed by atoms with Crippen LogP contribution in [-0.4, -0.2) is 70.5 Å². The highest BCUT2D eigenvalue weighted by atomic mass is 31.2. The quantitative estimate of drug-likeness (QED) is 0.0198. The van der Waals surface area contributed by atoms with Crippen LogP contribution >= 0.6 is 8.60 Å². The Morgan fingerprint density at radius 1 is 0.519 bits per heavy atom. The van der Waals surface area contributed by atoms with Gasteiger partial charge < -0.3 is 23.4 Å². The summed E-state index contributed by atoms with van der Waals surface area (Å²) in [5.41, 5.74) is 0. The minimum atomic E-state index is -1.80. The maximum absolute atomic E-state index is 12.8. The van der Waals surface area contributed by atoms with Gasteiger partial charge in [0.2, 0.25) is 0 Å². The van der Waals surface area contributed by atoms with Gasteiger partial charge in [0.25, 0.3) is 0 Å². The summed E-state index contributed by atoms with van der Waals surface area (Å²) >= 11 is 0. The van der Waals surface area contributed by atoms with Crippen molar-refractivity contribution in [1.29, 1.82) is 0 Å². The van der Waals surface area contributed by atoms with E-state index in [1.165, 1.54) is 136 Å². The van der Waals surface area contributed by atoms with Crippen LogP contribution < -0.4 is 0 Å². The molecule has 0 N–H and O–H groups in total. The van der Waals surface area contributed by atoms with Gasteiger partial charge in [0.05, 0.1) is 20.3 Å². The number of nitrogens with zero attached hydrogens (tertiary/aromatic N) is 1. The van der Waals surface area contributed by atoms with Gasteiger partial charge in [-0.25, -0.2) is 4.89 Å². The lowest BCUT2D eigenvalue weighted by atomic mass is 10.0.